The first kappa shape index (κ1) is 14.8. The number of hydroxylamine groups is 3. The fourth-order valence-electron chi connectivity index (χ4n) is 3.01. The van der Waals surface area contributed by atoms with E-state index < -0.39 is 16.3 Å². The molecule has 0 aromatic carbocycles. The normalized spacial score (nSPS) is 33.2. The Morgan fingerprint density at radius 2 is 2.21 bits per heavy atom. The predicted octanol–water partition coefficient (Wildman–Crippen LogP) is 2.86. The molecule has 19 heavy (non-hydrogen) atoms. The predicted molar refractivity (Wildman–Crippen MR) is 69.8 cm³/mol. The van der Waals surface area contributed by atoms with Gasteiger partial charge in [-0.05, 0) is 40.0 Å². The summed E-state index contributed by atoms with van der Waals surface area (Å²) in [7, 11) is 0. The van der Waals surface area contributed by atoms with E-state index in [2.05, 4.69) is 0 Å². The van der Waals surface area contributed by atoms with Gasteiger partial charge in [-0.25, -0.2) is 5.21 Å². The average molecular weight is 272 g/mol. The molecular formula is C14H26NO4+. The fraction of sp³-hybridized carbons (Fsp3) is 0.929. The fourth-order valence-corrected chi connectivity index (χ4v) is 3.01. The monoisotopic (exact) mass is 272 g/mol. The van der Waals surface area contributed by atoms with Gasteiger partial charge in [0.25, 0.3) is 0 Å². The van der Waals surface area contributed by atoms with Gasteiger partial charge in [0.2, 0.25) is 0 Å². The van der Waals surface area contributed by atoms with Gasteiger partial charge in [-0.1, -0.05) is 11.6 Å². The van der Waals surface area contributed by atoms with E-state index in [4.69, 9.17) is 9.47 Å². The highest BCUT2D eigenvalue weighted by molar-refractivity contribution is 5.60. The number of rotatable bonds is 3. The summed E-state index contributed by atoms with van der Waals surface area (Å²) in [4.78, 5) is 12.3. The van der Waals surface area contributed by atoms with Crippen molar-refractivity contribution in [3.63, 3.8) is 0 Å². The summed E-state index contributed by atoms with van der Waals surface area (Å²) in [5.41, 5.74) is -0.865. The third kappa shape index (κ3) is 2.78. The summed E-state index contributed by atoms with van der Waals surface area (Å²) in [6.45, 7) is 8.52. The van der Waals surface area contributed by atoms with Crippen molar-refractivity contribution in [1.29, 1.82) is 0 Å². The van der Waals surface area contributed by atoms with Crippen LogP contribution in [0.25, 0.3) is 0 Å². The van der Waals surface area contributed by atoms with E-state index in [1.807, 2.05) is 27.7 Å². The maximum atomic E-state index is 12.3. The number of nitrogens with zero attached hydrogens (tertiary/aromatic N) is 1. The van der Waals surface area contributed by atoms with Gasteiger partial charge in [0.15, 0.2) is 6.04 Å². The van der Waals surface area contributed by atoms with Crippen molar-refractivity contribution < 1.29 is 24.1 Å². The van der Waals surface area contributed by atoms with Gasteiger partial charge in [0.05, 0.1) is 0 Å². The molecule has 0 aromatic heterocycles. The van der Waals surface area contributed by atoms with E-state index in [0.29, 0.717) is 6.54 Å². The zero-order chi connectivity index (χ0) is 14.3. The largest absolute Gasteiger partial charge is 0.550 e. The van der Waals surface area contributed by atoms with E-state index in [-0.39, 0.29) is 11.6 Å². The van der Waals surface area contributed by atoms with Crippen molar-refractivity contribution in [3.8, 4) is 0 Å². The zero-order valence-corrected chi connectivity index (χ0v) is 12.4. The molecule has 5 nitrogen and oxygen atoms in total. The van der Waals surface area contributed by atoms with Gasteiger partial charge in [0.1, 0.15) is 17.7 Å². The van der Waals surface area contributed by atoms with E-state index in [1.54, 1.807) is 0 Å². The van der Waals surface area contributed by atoms with Gasteiger partial charge < -0.3 is 9.47 Å². The topological polar surface area (TPSA) is 55.8 Å². The van der Waals surface area contributed by atoms with Crippen molar-refractivity contribution in [3.05, 3.63) is 0 Å². The molecule has 2 aliphatic rings. The van der Waals surface area contributed by atoms with Gasteiger partial charge >= 0.3 is 6.09 Å². The standard InChI is InChI=1S/C14H26NO4/c1-5-8-15(17,12(16)19-13(2,3)4)11-10-14(11)7-6-9-18-14/h11,17H,5-10H2,1-4H3/q+1. The van der Waals surface area contributed by atoms with E-state index >= 15 is 0 Å². The highest BCUT2D eigenvalue weighted by Crippen LogP contribution is 2.53. The Balaban J connectivity index is 2.12. The number of hydrogen-bond acceptors (Lipinski definition) is 4. The van der Waals surface area contributed by atoms with Crippen LogP contribution in [0.5, 0.6) is 0 Å². The van der Waals surface area contributed by atoms with Crippen LogP contribution in [-0.2, 0) is 9.47 Å². The summed E-state index contributed by atoms with van der Waals surface area (Å²) < 4.78 is 10.5. The number of carbonyl (C=O) groups is 1. The van der Waals surface area contributed by atoms with Crippen LogP contribution in [0.15, 0.2) is 0 Å². The molecule has 5 heteroatoms. The maximum Gasteiger partial charge on any atom is 0.550 e. The molecule has 3 atom stereocenters. The molecule has 1 aliphatic carbocycles. The number of amides is 1. The smallest absolute Gasteiger partial charge is 0.412 e. The molecule has 1 N–H and O–H groups in total. The first-order chi connectivity index (χ1) is 8.73. The van der Waals surface area contributed by atoms with Gasteiger partial charge in [-0.2, -0.15) is 4.79 Å². The molecular weight excluding hydrogens is 246 g/mol. The Labute approximate surface area is 115 Å². The quantitative estimate of drug-likeness (QED) is 0.487. The third-order valence-electron chi connectivity index (χ3n) is 3.91. The molecule has 1 spiro atoms. The van der Waals surface area contributed by atoms with Crippen LogP contribution in [0, 0.1) is 0 Å². The molecule has 0 radical (unpaired) electrons. The highest BCUT2D eigenvalue weighted by Gasteiger charge is 2.71. The first-order valence-electron chi connectivity index (χ1n) is 7.21. The molecule has 1 saturated carbocycles. The van der Waals surface area contributed by atoms with Crippen molar-refractivity contribution in [2.45, 2.75) is 70.6 Å². The van der Waals surface area contributed by atoms with Gasteiger partial charge in [0, 0.05) is 13.0 Å². The van der Waals surface area contributed by atoms with Crippen LogP contribution >= 0.6 is 0 Å². The van der Waals surface area contributed by atoms with E-state index in [0.717, 1.165) is 32.3 Å². The number of ether oxygens (including phenoxy) is 2. The second-order valence-corrected chi connectivity index (χ2v) is 6.77. The molecule has 1 saturated heterocycles. The Morgan fingerprint density at radius 3 is 2.68 bits per heavy atom. The van der Waals surface area contributed by atoms with Crippen LogP contribution in [0.3, 0.4) is 0 Å². The molecule has 1 aliphatic heterocycles. The Bertz CT molecular complexity index is 357. The van der Waals surface area contributed by atoms with Crippen LogP contribution < -0.4 is 0 Å². The molecule has 2 rings (SSSR count). The maximum absolute atomic E-state index is 12.3. The van der Waals surface area contributed by atoms with Gasteiger partial charge in [-0.15, -0.1) is 0 Å². The van der Waals surface area contributed by atoms with Crippen LogP contribution in [0.1, 0.15) is 53.4 Å². The number of quaternary nitrogens is 1. The minimum absolute atomic E-state index is 0.162. The van der Waals surface area contributed by atoms with Crippen molar-refractivity contribution in [1.82, 2.24) is 0 Å². The summed E-state index contributed by atoms with van der Waals surface area (Å²) in [5, 5.41) is 10.8. The van der Waals surface area contributed by atoms with Crippen LogP contribution in [0.4, 0.5) is 4.79 Å². The molecule has 3 unspecified atom stereocenters. The molecule has 0 aromatic rings. The Hall–Kier alpha value is -0.650. The van der Waals surface area contributed by atoms with Crippen molar-refractivity contribution in [2.75, 3.05) is 13.2 Å². The Kier molecular flexibility index (Phi) is 3.66. The summed E-state index contributed by atoms with van der Waals surface area (Å²) in [5.74, 6) is 0. The lowest BCUT2D eigenvalue weighted by molar-refractivity contribution is -1.05. The third-order valence-corrected chi connectivity index (χ3v) is 3.91. The minimum Gasteiger partial charge on any atom is -0.412 e. The minimum atomic E-state index is -0.631. The lowest BCUT2D eigenvalue weighted by Gasteiger charge is -2.30. The van der Waals surface area contributed by atoms with E-state index in [9.17, 15) is 10.0 Å². The molecule has 0 bridgehead atoms. The van der Waals surface area contributed by atoms with Crippen molar-refractivity contribution >= 4 is 6.09 Å². The van der Waals surface area contributed by atoms with Crippen LogP contribution in [-0.4, -0.2) is 46.3 Å². The highest BCUT2D eigenvalue weighted by atomic mass is 16.7. The SMILES string of the molecule is CCC[N+](O)(C(=O)OC(C)(C)C)C1CC12CCCO2. The average Bonchev–Trinajstić information content (AvgIpc) is 2.76. The number of carbonyl (C=O) groups excluding carboxylic acids is 1. The Morgan fingerprint density at radius 1 is 1.53 bits per heavy atom. The molecule has 110 valence electrons. The summed E-state index contributed by atoms with van der Waals surface area (Å²) >= 11 is 0. The summed E-state index contributed by atoms with van der Waals surface area (Å²) in [6.07, 6.45) is 2.87. The van der Waals surface area contributed by atoms with Crippen LogP contribution in [0.2, 0.25) is 0 Å². The number of hydrogen-bond donors (Lipinski definition) is 1. The van der Waals surface area contributed by atoms with E-state index in [1.165, 1.54) is 0 Å². The lowest BCUT2D eigenvalue weighted by Crippen LogP contribution is -2.56. The molecule has 2 fully saturated rings. The van der Waals surface area contributed by atoms with Crippen molar-refractivity contribution in [2.24, 2.45) is 0 Å². The molecule has 1 amide bonds. The lowest BCUT2D eigenvalue weighted by atomic mass is 10.2. The first-order valence-corrected chi connectivity index (χ1v) is 7.21. The van der Waals surface area contributed by atoms with Gasteiger partial charge in [-0.3, -0.25) is 0 Å². The second-order valence-electron chi connectivity index (χ2n) is 6.77. The summed E-state index contributed by atoms with van der Waals surface area (Å²) in [6, 6.07) is -0.162. The second kappa shape index (κ2) is 4.72. The zero-order valence-electron chi connectivity index (χ0n) is 12.4. The molecule has 1 heterocycles.